The summed E-state index contributed by atoms with van der Waals surface area (Å²) in [5.74, 6) is 0.711. The Balaban J connectivity index is 1.79. The lowest BCUT2D eigenvalue weighted by Gasteiger charge is -2.30. The van der Waals surface area contributed by atoms with Crippen LogP contribution in [0.25, 0.3) is 10.8 Å². The molecule has 0 radical (unpaired) electrons. The number of methoxy groups -OCH3 is 1. The van der Waals surface area contributed by atoms with Crippen molar-refractivity contribution in [3.05, 3.63) is 42.0 Å². The van der Waals surface area contributed by atoms with Gasteiger partial charge in [0.15, 0.2) is 0 Å². The number of benzene rings is 2. The van der Waals surface area contributed by atoms with Crippen LogP contribution in [-0.4, -0.2) is 25.1 Å². The fraction of sp³-hybridized carbons (Fsp3) is 0.450. The number of ether oxygens (including phenoxy) is 1. The summed E-state index contributed by atoms with van der Waals surface area (Å²) in [5.41, 5.74) is 6.76. The zero-order valence-corrected chi connectivity index (χ0v) is 14.5. The van der Waals surface area contributed by atoms with Gasteiger partial charge < -0.3 is 15.8 Å². The smallest absolute Gasteiger partial charge is 0.227 e. The number of amides is 1. The minimum atomic E-state index is -0.199. The second-order valence-electron chi connectivity index (χ2n) is 6.88. The number of hydrogen-bond donors (Lipinski definition) is 2. The molecule has 1 fully saturated rings. The van der Waals surface area contributed by atoms with E-state index in [9.17, 15) is 4.79 Å². The van der Waals surface area contributed by atoms with Crippen LogP contribution in [0.2, 0.25) is 0 Å². The van der Waals surface area contributed by atoms with Crippen molar-refractivity contribution in [1.82, 2.24) is 5.32 Å². The van der Waals surface area contributed by atoms with Gasteiger partial charge >= 0.3 is 0 Å². The number of hydrogen-bond acceptors (Lipinski definition) is 3. The lowest BCUT2D eigenvalue weighted by atomic mass is 9.93. The molecular weight excluding hydrogens is 300 g/mol. The molecule has 1 aliphatic rings. The van der Waals surface area contributed by atoms with Crippen LogP contribution in [0.1, 0.15) is 44.1 Å². The Morgan fingerprint density at radius 2 is 1.88 bits per heavy atom. The van der Waals surface area contributed by atoms with Crippen molar-refractivity contribution in [3.63, 3.8) is 0 Å². The van der Waals surface area contributed by atoms with Crippen LogP contribution in [0.3, 0.4) is 0 Å². The summed E-state index contributed by atoms with van der Waals surface area (Å²) in [6, 6.07) is 12.1. The van der Waals surface area contributed by atoms with Gasteiger partial charge in [0.1, 0.15) is 5.75 Å². The summed E-state index contributed by atoms with van der Waals surface area (Å²) >= 11 is 0. The number of carbonyl (C=O) groups excluding carboxylic acids is 1. The highest BCUT2D eigenvalue weighted by atomic mass is 16.5. The summed E-state index contributed by atoms with van der Waals surface area (Å²) < 4.78 is 5.26. The van der Waals surface area contributed by atoms with Crippen LogP contribution in [0.4, 0.5) is 0 Å². The van der Waals surface area contributed by atoms with Crippen LogP contribution >= 0.6 is 0 Å². The average Bonchev–Trinajstić information content (AvgIpc) is 3.09. The fourth-order valence-corrected chi connectivity index (χ4v) is 3.59. The van der Waals surface area contributed by atoms with Gasteiger partial charge in [-0.2, -0.15) is 0 Å². The topological polar surface area (TPSA) is 64.3 Å². The molecule has 2 aromatic carbocycles. The van der Waals surface area contributed by atoms with Crippen molar-refractivity contribution in [1.29, 1.82) is 0 Å². The van der Waals surface area contributed by atoms with E-state index in [-0.39, 0.29) is 17.4 Å². The first-order chi connectivity index (χ1) is 11.6. The number of fused-ring (bicyclic) bond motifs is 1. The Labute approximate surface area is 143 Å². The first-order valence-electron chi connectivity index (χ1n) is 8.67. The molecule has 1 unspecified atom stereocenters. The van der Waals surface area contributed by atoms with Crippen molar-refractivity contribution >= 4 is 16.7 Å². The van der Waals surface area contributed by atoms with E-state index < -0.39 is 0 Å². The molecule has 0 saturated heterocycles. The number of nitrogens with one attached hydrogen (secondary N) is 1. The van der Waals surface area contributed by atoms with Gasteiger partial charge in [-0.25, -0.2) is 0 Å². The zero-order chi connectivity index (χ0) is 17.2. The maximum Gasteiger partial charge on any atom is 0.227 e. The molecule has 4 nitrogen and oxygen atoms in total. The largest absolute Gasteiger partial charge is 0.497 e. The molecule has 24 heavy (non-hydrogen) atoms. The number of carbonyl (C=O) groups is 1. The SMILES string of the molecule is COc1ccc2cc(C(C)C(=O)NC3(CN)CCCC3)ccc2c1. The van der Waals surface area contributed by atoms with E-state index in [0.29, 0.717) is 6.54 Å². The fourth-order valence-electron chi connectivity index (χ4n) is 3.59. The highest BCUT2D eigenvalue weighted by Crippen LogP contribution is 2.30. The van der Waals surface area contributed by atoms with Gasteiger partial charge in [0.25, 0.3) is 0 Å². The van der Waals surface area contributed by atoms with E-state index in [1.807, 2.05) is 37.3 Å². The van der Waals surface area contributed by atoms with E-state index in [1.54, 1.807) is 7.11 Å². The Morgan fingerprint density at radius 1 is 1.21 bits per heavy atom. The first kappa shape index (κ1) is 16.8. The van der Waals surface area contributed by atoms with Gasteiger partial charge in [0, 0.05) is 6.54 Å². The van der Waals surface area contributed by atoms with Crippen LogP contribution < -0.4 is 15.8 Å². The van der Waals surface area contributed by atoms with Gasteiger partial charge in [-0.15, -0.1) is 0 Å². The summed E-state index contributed by atoms with van der Waals surface area (Å²) in [4.78, 5) is 12.7. The van der Waals surface area contributed by atoms with Crippen LogP contribution in [0, 0.1) is 0 Å². The number of nitrogens with two attached hydrogens (primary N) is 1. The molecule has 0 heterocycles. The van der Waals surface area contributed by atoms with Crippen molar-refractivity contribution < 1.29 is 9.53 Å². The first-order valence-corrected chi connectivity index (χ1v) is 8.67. The van der Waals surface area contributed by atoms with E-state index in [2.05, 4.69) is 11.4 Å². The Hall–Kier alpha value is -2.07. The van der Waals surface area contributed by atoms with Gasteiger partial charge in [0.2, 0.25) is 5.91 Å². The molecule has 3 rings (SSSR count). The van der Waals surface area contributed by atoms with Crippen molar-refractivity contribution in [2.75, 3.05) is 13.7 Å². The summed E-state index contributed by atoms with van der Waals surface area (Å²) in [6.07, 6.45) is 4.26. The Bertz CT molecular complexity index is 735. The van der Waals surface area contributed by atoms with Crippen molar-refractivity contribution in [2.24, 2.45) is 5.73 Å². The van der Waals surface area contributed by atoms with Crippen LogP contribution in [0.15, 0.2) is 36.4 Å². The molecule has 1 saturated carbocycles. The molecule has 1 amide bonds. The van der Waals surface area contributed by atoms with Gasteiger partial charge in [-0.1, -0.05) is 37.1 Å². The minimum Gasteiger partial charge on any atom is -0.497 e. The predicted molar refractivity (Wildman–Crippen MR) is 97.3 cm³/mol. The van der Waals surface area contributed by atoms with Crippen molar-refractivity contribution in [3.8, 4) is 5.75 Å². The van der Waals surface area contributed by atoms with Gasteiger partial charge in [-0.3, -0.25) is 4.79 Å². The second-order valence-corrected chi connectivity index (χ2v) is 6.88. The van der Waals surface area contributed by atoms with Gasteiger partial charge in [0.05, 0.1) is 18.6 Å². The predicted octanol–water partition coefficient (Wildman–Crippen LogP) is 3.34. The molecule has 0 aromatic heterocycles. The third-order valence-electron chi connectivity index (χ3n) is 5.30. The van der Waals surface area contributed by atoms with E-state index in [0.717, 1.165) is 47.8 Å². The van der Waals surface area contributed by atoms with Crippen LogP contribution in [0.5, 0.6) is 5.75 Å². The lowest BCUT2D eigenvalue weighted by Crippen LogP contribution is -2.52. The summed E-state index contributed by atoms with van der Waals surface area (Å²) in [6.45, 7) is 2.47. The highest BCUT2D eigenvalue weighted by Gasteiger charge is 2.35. The summed E-state index contributed by atoms with van der Waals surface area (Å²) in [7, 11) is 1.66. The maximum atomic E-state index is 12.7. The normalized spacial score (nSPS) is 17.6. The highest BCUT2D eigenvalue weighted by molar-refractivity contribution is 5.88. The maximum absolute atomic E-state index is 12.7. The number of rotatable bonds is 5. The molecule has 1 atom stereocenters. The molecule has 128 valence electrons. The average molecular weight is 326 g/mol. The lowest BCUT2D eigenvalue weighted by molar-refractivity contribution is -0.124. The zero-order valence-electron chi connectivity index (χ0n) is 14.5. The molecule has 0 aliphatic heterocycles. The minimum absolute atomic E-state index is 0.0650. The Kier molecular flexibility index (Phi) is 4.76. The van der Waals surface area contributed by atoms with Crippen LogP contribution in [-0.2, 0) is 4.79 Å². The molecule has 1 aliphatic carbocycles. The van der Waals surface area contributed by atoms with E-state index in [4.69, 9.17) is 10.5 Å². The van der Waals surface area contributed by atoms with Crippen molar-refractivity contribution in [2.45, 2.75) is 44.1 Å². The standard InChI is InChI=1S/C20H26N2O2/c1-14(19(23)22-20(13-21)9-3-4-10-20)15-5-6-17-12-18(24-2)8-7-16(17)11-15/h5-8,11-12,14H,3-4,9-10,13,21H2,1-2H3,(H,22,23). The Morgan fingerprint density at radius 3 is 2.54 bits per heavy atom. The van der Waals surface area contributed by atoms with Gasteiger partial charge in [-0.05, 0) is 48.2 Å². The summed E-state index contributed by atoms with van der Waals surface area (Å²) in [5, 5.41) is 5.45. The quantitative estimate of drug-likeness (QED) is 0.886. The molecule has 3 N–H and O–H groups in total. The third kappa shape index (κ3) is 3.24. The van der Waals surface area contributed by atoms with E-state index in [1.165, 1.54) is 0 Å². The molecule has 0 spiro atoms. The third-order valence-corrected chi connectivity index (χ3v) is 5.30. The monoisotopic (exact) mass is 326 g/mol. The molecule has 4 heteroatoms. The molecule has 0 bridgehead atoms. The molecular formula is C20H26N2O2. The van der Waals surface area contributed by atoms with E-state index >= 15 is 0 Å². The molecule has 2 aromatic rings. The second kappa shape index (κ2) is 6.81.